The van der Waals surface area contributed by atoms with Crippen LogP contribution in [0.4, 0.5) is 0 Å². The van der Waals surface area contributed by atoms with Gasteiger partial charge in [0, 0.05) is 25.6 Å². The number of aryl methyl sites for hydroxylation is 1. The summed E-state index contributed by atoms with van der Waals surface area (Å²) in [4.78, 5) is 12.6. The third-order valence-electron chi connectivity index (χ3n) is 4.44. The largest absolute Gasteiger partial charge is 0.381 e. The van der Waals surface area contributed by atoms with E-state index in [4.69, 9.17) is 4.74 Å². The van der Waals surface area contributed by atoms with E-state index in [1.807, 2.05) is 28.8 Å². The molecule has 1 aromatic carbocycles. The Morgan fingerprint density at radius 2 is 2.00 bits per heavy atom. The summed E-state index contributed by atoms with van der Waals surface area (Å²) in [6.07, 6.45) is 1.98. The van der Waals surface area contributed by atoms with Crippen molar-refractivity contribution >= 4 is 22.1 Å². The highest BCUT2D eigenvalue weighted by Crippen LogP contribution is 2.36. The van der Waals surface area contributed by atoms with Crippen LogP contribution in [-0.2, 0) is 11.8 Å². The normalized spacial score (nSPS) is 21.8. The van der Waals surface area contributed by atoms with Crippen LogP contribution in [0.15, 0.2) is 29.1 Å². The maximum atomic E-state index is 12.6. The van der Waals surface area contributed by atoms with Crippen LogP contribution in [0.3, 0.4) is 0 Å². The van der Waals surface area contributed by atoms with E-state index >= 15 is 0 Å². The zero-order chi connectivity index (χ0) is 14.6. The molecule has 1 fully saturated rings. The Hall–Kier alpha value is -2.21. The lowest BCUT2D eigenvalue weighted by atomic mass is 9.89. The van der Waals surface area contributed by atoms with Crippen LogP contribution in [0.5, 0.6) is 0 Å². The van der Waals surface area contributed by atoms with Gasteiger partial charge >= 0.3 is 5.69 Å². The Morgan fingerprint density at radius 1 is 1.24 bits per heavy atom. The van der Waals surface area contributed by atoms with Crippen molar-refractivity contribution in [3.63, 3.8) is 0 Å². The topological polar surface area (TPSA) is 61.9 Å². The summed E-state index contributed by atoms with van der Waals surface area (Å²) < 4.78 is 8.78. The smallest absolute Gasteiger partial charge is 0.330 e. The molecule has 0 aliphatic heterocycles. The number of methoxy groups -OCH3 is 1. The van der Waals surface area contributed by atoms with Crippen LogP contribution >= 0.6 is 0 Å². The maximum Gasteiger partial charge on any atom is 0.330 e. The molecule has 6 nitrogen and oxygen atoms in total. The zero-order valence-corrected chi connectivity index (χ0v) is 12.0. The zero-order valence-electron chi connectivity index (χ0n) is 12.0. The fraction of sp³-hybridized carbons (Fsp3) is 0.400. The molecule has 6 heteroatoms. The van der Waals surface area contributed by atoms with Gasteiger partial charge in [-0.1, -0.05) is 18.2 Å². The van der Waals surface area contributed by atoms with Crippen molar-refractivity contribution in [1.82, 2.24) is 19.3 Å². The molecule has 0 amide bonds. The first-order valence-electron chi connectivity index (χ1n) is 7.06. The maximum absolute atomic E-state index is 12.6. The van der Waals surface area contributed by atoms with E-state index in [1.165, 1.54) is 0 Å². The fourth-order valence-electron chi connectivity index (χ4n) is 3.12. The molecule has 4 rings (SSSR count). The van der Waals surface area contributed by atoms with Crippen molar-refractivity contribution in [2.24, 2.45) is 7.05 Å². The Morgan fingerprint density at radius 3 is 2.76 bits per heavy atom. The van der Waals surface area contributed by atoms with Gasteiger partial charge in [0.2, 0.25) is 0 Å². The highest BCUT2D eigenvalue weighted by molar-refractivity contribution is 6.00. The lowest BCUT2D eigenvalue weighted by Gasteiger charge is -2.34. The lowest BCUT2D eigenvalue weighted by molar-refractivity contribution is 0.00635. The SMILES string of the molecule is CO[C@H]1C[C@H](n2c(=O)n(C)c3nnc4ccccc4c32)C1. The first-order chi connectivity index (χ1) is 10.2. The molecule has 108 valence electrons. The number of hydrogen-bond donors (Lipinski definition) is 0. The standard InChI is InChI=1S/C15H16N4O2/c1-18-14-13(11-5-3-4-6-12(11)16-17-14)19(15(18)20)9-7-10(8-9)21-2/h3-6,9-10H,7-8H2,1-2H3/t9-,10-. The minimum atomic E-state index is -0.0322. The van der Waals surface area contributed by atoms with Gasteiger partial charge in [-0.3, -0.25) is 9.13 Å². The molecule has 1 aliphatic carbocycles. The van der Waals surface area contributed by atoms with Crippen LogP contribution in [0, 0.1) is 0 Å². The fourth-order valence-corrected chi connectivity index (χ4v) is 3.12. The van der Waals surface area contributed by atoms with Gasteiger partial charge in [0.25, 0.3) is 0 Å². The van der Waals surface area contributed by atoms with Crippen molar-refractivity contribution in [2.75, 3.05) is 7.11 Å². The molecule has 0 spiro atoms. The molecular formula is C15H16N4O2. The van der Waals surface area contributed by atoms with E-state index < -0.39 is 0 Å². The minimum absolute atomic E-state index is 0.0322. The number of benzene rings is 1. The third-order valence-corrected chi connectivity index (χ3v) is 4.44. The summed E-state index contributed by atoms with van der Waals surface area (Å²) in [5.41, 5.74) is 2.30. The summed E-state index contributed by atoms with van der Waals surface area (Å²) in [7, 11) is 3.46. The molecular weight excluding hydrogens is 268 g/mol. The molecule has 1 saturated carbocycles. The Labute approximate surface area is 121 Å². The van der Waals surface area contributed by atoms with Gasteiger partial charge in [0.05, 0.1) is 11.6 Å². The Bertz CT molecular complexity index is 890. The second-order valence-corrected chi connectivity index (χ2v) is 5.58. The first kappa shape index (κ1) is 12.5. The summed E-state index contributed by atoms with van der Waals surface area (Å²) >= 11 is 0. The summed E-state index contributed by atoms with van der Waals surface area (Å²) in [6.45, 7) is 0. The van der Waals surface area contributed by atoms with Crippen LogP contribution in [0.25, 0.3) is 22.1 Å². The second-order valence-electron chi connectivity index (χ2n) is 5.58. The second kappa shape index (κ2) is 4.39. The highest BCUT2D eigenvalue weighted by Gasteiger charge is 2.34. The van der Waals surface area contributed by atoms with Crippen molar-refractivity contribution in [2.45, 2.75) is 25.0 Å². The van der Waals surface area contributed by atoms with Crippen LogP contribution in [0.1, 0.15) is 18.9 Å². The molecule has 0 N–H and O–H groups in total. The lowest BCUT2D eigenvalue weighted by Crippen LogP contribution is -2.37. The average molecular weight is 284 g/mol. The van der Waals surface area contributed by atoms with E-state index in [-0.39, 0.29) is 17.8 Å². The van der Waals surface area contributed by atoms with Crippen molar-refractivity contribution in [3.05, 3.63) is 34.7 Å². The van der Waals surface area contributed by atoms with Gasteiger partial charge in [0.15, 0.2) is 5.65 Å². The molecule has 2 heterocycles. The molecule has 21 heavy (non-hydrogen) atoms. The number of aromatic nitrogens is 4. The molecule has 0 unspecified atom stereocenters. The van der Waals surface area contributed by atoms with Crippen LogP contribution in [-0.4, -0.2) is 32.5 Å². The number of rotatable bonds is 2. The van der Waals surface area contributed by atoms with Crippen molar-refractivity contribution in [3.8, 4) is 0 Å². The predicted molar refractivity (Wildman–Crippen MR) is 79.3 cm³/mol. The molecule has 0 bridgehead atoms. The van der Waals surface area contributed by atoms with E-state index in [9.17, 15) is 4.79 Å². The van der Waals surface area contributed by atoms with Gasteiger partial charge in [-0.25, -0.2) is 4.79 Å². The van der Waals surface area contributed by atoms with Crippen molar-refractivity contribution < 1.29 is 4.74 Å². The number of ether oxygens (including phenoxy) is 1. The van der Waals surface area contributed by atoms with E-state index in [1.54, 1.807) is 18.7 Å². The third kappa shape index (κ3) is 1.65. The van der Waals surface area contributed by atoms with Gasteiger partial charge in [-0.05, 0) is 18.9 Å². The van der Waals surface area contributed by atoms with E-state index in [0.29, 0.717) is 5.65 Å². The average Bonchev–Trinajstić information content (AvgIpc) is 2.72. The number of hydrogen-bond acceptors (Lipinski definition) is 4. The number of imidazole rings is 1. The molecule has 0 saturated heterocycles. The molecule has 0 radical (unpaired) electrons. The monoisotopic (exact) mass is 284 g/mol. The minimum Gasteiger partial charge on any atom is -0.381 e. The Balaban J connectivity index is 2.03. The quantitative estimate of drug-likeness (QED) is 0.717. The molecule has 1 aliphatic rings. The van der Waals surface area contributed by atoms with Crippen LogP contribution in [0.2, 0.25) is 0 Å². The van der Waals surface area contributed by atoms with Crippen molar-refractivity contribution in [1.29, 1.82) is 0 Å². The number of fused-ring (bicyclic) bond motifs is 3. The van der Waals surface area contributed by atoms with Gasteiger partial charge < -0.3 is 4.74 Å². The van der Waals surface area contributed by atoms with E-state index in [0.717, 1.165) is 29.3 Å². The van der Waals surface area contributed by atoms with Gasteiger partial charge in [0.1, 0.15) is 5.52 Å². The van der Waals surface area contributed by atoms with E-state index in [2.05, 4.69) is 10.2 Å². The summed E-state index contributed by atoms with van der Waals surface area (Å²) in [5, 5.41) is 9.42. The number of nitrogens with zero attached hydrogens (tertiary/aromatic N) is 4. The summed E-state index contributed by atoms with van der Waals surface area (Å²) in [6, 6.07) is 7.98. The van der Waals surface area contributed by atoms with Crippen LogP contribution < -0.4 is 5.69 Å². The molecule has 0 atom stereocenters. The first-order valence-corrected chi connectivity index (χ1v) is 7.06. The van der Waals surface area contributed by atoms with Gasteiger partial charge in [-0.15, -0.1) is 10.2 Å². The molecule has 3 aromatic rings. The molecule has 2 aromatic heterocycles. The predicted octanol–water partition coefficient (Wildman–Crippen LogP) is 1.63. The summed E-state index contributed by atoms with van der Waals surface area (Å²) in [5.74, 6) is 0. The van der Waals surface area contributed by atoms with Gasteiger partial charge in [-0.2, -0.15) is 0 Å². The Kier molecular flexibility index (Phi) is 2.62. The highest BCUT2D eigenvalue weighted by atomic mass is 16.5.